The minimum absolute atomic E-state index is 0.114. The molecule has 0 aromatic carbocycles. The summed E-state index contributed by atoms with van der Waals surface area (Å²) in [7, 11) is 1.76. The van der Waals surface area contributed by atoms with Crippen LogP contribution in [0.5, 0.6) is 0 Å². The molecule has 1 fully saturated rings. The second-order valence-corrected chi connectivity index (χ2v) is 4.97. The highest BCUT2D eigenvalue weighted by Gasteiger charge is 2.21. The van der Waals surface area contributed by atoms with E-state index in [1.54, 1.807) is 7.05 Å². The number of aromatic nitrogens is 1. The summed E-state index contributed by atoms with van der Waals surface area (Å²) in [6.07, 6.45) is 3.69. The second kappa shape index (κ2) is 4.69. The van der Waals surface area contributed by atoms with Crippen molar-refractivity contribution in [3.8, 4) is 0 Å². The number of carbonyl (C=O) groups excluding carboxylic acids is 1. The van der Waals surface area contributed by atoms with Gasteiger partial charge in [0.2, 0.25) is 0 Å². The predicted molar refractivity (Wildman–Crippen MR) is 65.7 cm³/mol. The highest BCUT2D eigenvalue weighted by molar-refractivity contribution is 7.18. The van der Waals surface area contributed by atoms with Gasteiger partial charge in [0.1, 0.15) is 10.7 Å². The van der Waals surface area contributed by atoms with E-state index in [-0.39, 0.29) is 5.91 Å². The van der Waals surface area contributed by atoms with Crippen molar-refractivity contribution in [3.05, 3.63) is 4.88 Å². The summed E-state index contributed by atoms with van der Waals surface area (Å²) < 4.78 is 0. The maximum Gasteiger partial charge on any atom is 0.265 e. The van der Waals surface area contributed by atoms with E-state index in [0.717, 1.165) is 18.9 Å². The molecule has 6 heteroatoms. The molecule has 0 bridgehead atoms. The summed E-state index contributed by atoms with van der Waals surface area (Å²) >= 11 is 1.28. The summed E-state index contributed by atoms with van der Waals surface area (Å²) in [4.78, 5) is 16.3. The Hall–Kier alpha value is -1.30. The second-order valence-electron chi connectivity index (χ2n) is 3.97. The number of nitrogens with one attached hydrogen (secondary N) is 2. The lowest BCUT2D eigenvalue weighted by Gasteiger charge is -2.02. The molecule has 0 atom stereocenters. The number of thiazole rings is 1. The molecule has 4 N–H and O–H groups in total. The summed E-state index contributed by atoms with van der Waals surface area (Å²) in [6.45, 7) is 0.732. The van der Waals surface area contributed by atoms with Crippen LogP contribution in [0.2, 0.25) is 0 Å². The first-order valence-electron chi connectivity index (χ1n) is 5.43. The molecular formula is C10H16N4OS. The third-order valence-electron chi connectivity index (χ3n) is 2.61. The van der Waals surface area contributed by atoms with Gasteiger partial charge in [0.05, 0.1) is 0 Å². The van der Waals surface area contributed by atoms with Crippen molar-refractivity contribution < 1.29 is 4.79 Å². The molecule has 5 nitrogen and oxygen atoms in total. The van der Waals surface area contributed by atoms with Crippen LogP contribution in [0, 0.1) is 5.92 Å². The SMILES string of the molecule is CNc1nc(N)c(C(=O)NCCC2CC2)s1. The molecule has 0 spiro atoms. The standard InChI is InChI=1S/C10H16N4OS/c1-12-10-14-8(11)7(16-10)9(15)13-5-4-6-2-3-6/h6H,2-5,11H2,1H3,(H,12,14)(H,13,15). The smallest absolute Gasteiger partial charge is 0.265 e. The zero-order chi connectivity index (χ0) is 11.5. The van der Waals surface area contributed by atoms with Gasteiger partial charge in [0.25, 0.3) is 5.91 Å². The zero-order valence-corrected chi connectivity index (χ0v) is 10.1. The van der Waals surface area contributed by atoms with Crippen LogP contribution in [0.4, 0.5) is 10.9 Å². The summed E-state index contributed by atoms with van der Waals surface area (Å²) in [6, 6.07) is 0. The summed E-state index contributed by atoms with van der Waals surface area (Å²) in [5.41, 5.74) is 5.66. The molecule has 16 heavy (non-hydrogen) atoms. The van der Waals surface area contributed by atoms with Gasteiger partial charge in [-0.1, -0.05) is 24.2 Å². The number of rotatable bonds is 5. The van der Waals surface area contributed by atoms with Crippen molar-refractivity contribution in [2.45, 2.75) is 19.3 Å². The number of nitrogens with two attached hydrogens (primary N) is 1. The number of nitrogen functional groups attached to an aromatic ring is 1. The van der Waals surface area contributed by atoms with E-state index >= 15 is 0 Å². The quantitative estimate of drug-likeness (QED) is 0.724. The molecule has 0 aliphatic heterocycles. The van der Waals surface area contributed by atoms with Gasteiger partial charge in [-0.2, -0.15) is 0 Å². The fourth-order valence-electron chi connectivity index (χ4n) is 1.48. The average molecular weight is 240 g/mol. The number of carbonyl (C=O) groups is 1. The van der Waals surface area contributed by atoms with Crippen LogP contribution in [0.15, 0.2) is 0 Å². The molecule has 0 unspecified atom stereocenters. The van der Waals surface area contributed by atoms with Crippen LogP contribution in [0.1, 0.15) is 28.9 Å². The molecule has 0 radical (unpaired) electrons. The Kier molecular flexibility index (Phi) is 3.28. The summed E-state index contributed by atoms with van der Waals surface area (Å²) in [5, 5.41) is 6.42. The van der Waals surface area contributed by atoms with Crippen molar-refractivity contribution in [2.24, 2.45) is 5.92 Å². The average Bonchev–Trinajstić information content (AvgIpc) is 3.00. The van der Waals surface area contributed by atoms with Gasteiger partial charge in [-0.15, -0.1) is 0 Å². The topological polar surface area (TPSA) is 80.0 Å². The van der Waals surface area contributed by atoms with Crippen LogP contribution in [0.3, 0.4) is 0 Å². The largest absolute Gasteiger partial charge is 0.382 e. The first kappa shape index (κ1) is 11.2. The fourth-order valence-corrected chi connectivity index (χ4v) is 2.23. The van der Waals surface area contributed by atoms with Gasteiger partial charge >= 0.3 is 0 Å². The monoisotopic (exact) mass is 240 g/mol. The molecule has 1 aromatic heterocycles. The van der Waals surface area contributed by atoms with Crippen LogP contribution in [0.25, 0.3) is 0 Å². The van der Waals surface area contributed by atoms with E-state index < -0.39 is 0 Å². The van der Waals surface area contributed by atoms with Crippen LogP contribution in [-0.4, -0.2) is 24.5 Å². The van der Waals surface area contributed by atoms with Gasteiger partial charge in [-0.25, -0.2) is 4.98 Å². The van der Waals surface area contributed by atoms with E-state index in [1.165, 1.54) is 24.2 Å². The number of nitrogens with zero attached hydrogens (tertiary/aromatic N) is 1. The van der Waals surface area contributed by atoms with E-state index in [1.807, 2.05) is 0 Å². The first-order chi connectivity index (χ1) is 7.70. The number of hydrogen-bond donors (Lipinski definition) is 3. The zero-order valence-electron chi connectivity index (χ0n) is 9.25. The molecule has 1 heterocycles. The Labute approximate surface area is 98.4 Å². The fraction of sp³-hybridized carbons (Fsp3) is 0.600. The highest BCUT2D eigenvalue weighted by atomic mass is 32.1. The molecule has 2 rings (SSSR count). The maximum atomic E-state index is 11.7. The Morgan fingerprint density at radius 2 is 2.38 bits per heavy atom. The summed E-state index contributed by atoms with van der Waals surface area (Å²) in [5.74, 6) is 1.02. The minimum Gasteiger partial charge on any atom is -0.382 e. The lowest BCUT2D eigenvalue weighted by molar-refractivity contribution is 0.0957. The van der Waals surface area contributed by atoms with Gasteiger partial charge in [-0.3, -0.25) is 4.79 Å². The van der Waals surface area contributed by atoms with E-state index in [9.17, 15) is 4.79 Å². The van der Waals surface area contributed by atoms with E-state index in [4.69, 9.17) is 5.73 Å². The lowest BCUT2D eigenvalue weighted by atomic mass is 10.3. The van der Waals surface area contributed by atoms with Crippen LogP contribution >= 0.6 is 11.3 Å². The molecule has 1 aromatic rings. The third kappa shape index (κ3) is 2.63. The molecular weight excluding hydrogens is 224 g/mol. The molecule has 1 amide bonds. The highest BCUT2D eigenvalue weighted by Crippen LogP contribution is 2.31. The maximum absolute atomic E-state index is 11.7. The molecule has 1 aliphatic rings. The van der Waals surface area contributed by atoms with E-state index in [2.05, 4.69) is 15.6 Å². The van der Waals surface area contributed by atoms with Crippen LogP contribution < -0.4 is 16.4 Å². The first-order valence-corrected chi connectivity index (χ1v) is 6.24. The van der Waals surface area contributed by atoms with Crippen molar-refractivity contribution in [1.82, 2.24) is 10.3 Å². The van der Waals surface area contributed by atoms with Gasteiger partial charge in [-0.05, 0) is 12.3 Å². The van der Waals surface area contributed by atoms with Gasteiger partial charge < -0.3 is 16.4 Å². The molecule has 1 saturated carbocycles. The van der Waals surface area contributed by atoms with Crippen molar-refractivity contribution in [2.75, 3.05) is 24.6 Å². The van der Waals surface area contributed by atoms with Gasteiger partial charge in [0.15, 0.2) is 5.13 Å². The lowest BCUT2D eigenvalue weighted by Crippen LogP contribution is -2.24. The number of hydrogen-bond acceptors (Lipinski definition) is 5. The Morgan fingerprint density at radius 3 is 2.94 bits per heavy atom. The number of anilines is 2. The molecule has 88 valence electrons. The molecule has 0 saturated heterocycles. The Balaban J connectivity index is 1.88. The Bertz CT molecular complexity index is 386. The Morgan fingerprint density at radius 1 is 1.62 bits per heavy atom. The normalized spacial score (nSPS) is 14.8. The van der Waals surface area contributed by atoms with Crippen molar-refractivity contribution in [1.29, 1.82) is 0 Å². The third-order valence-corrected chi connectivity index (χ3v) is 3.70. The van der Waals surface area contributed by atoms with Crippen molar-refractivity contribution >= 4 is 28.2 Å². The van der Waals surface area contributed by atoms with Crippen LogP contribution in [-0.2, 0) is 0 Å². The minimum atomic E-state index is -0.114. The molecule has 1 aliphatic carbocycles. The number of amides is 1. The predicted octanol–water partition coefficient (Wildman–Crippen LogP) is 1.30. The van der Waals surface area contributed by atoms with Gasteiger partial charge in [0, 0.05) is 13.6 Å². The van der Waals surface area contributed by atoms with E-state index in [0.29, 0.717) is 15.8 Å². The van der Waals surface area contributed by atoms with Crippen molar-refractivity contribution in [3.63, 3.8) is 0 Å².